The summed E-state index contributed by atoms with van der Waals surface area (Å²) >= 11 is 2.46. The van der Waals surface area contributed by atoms with E-state index in [1.54, 1.807) is 23.2 Å². The lowest BCUT2D eigenvalue weighted by Crippen LogP contribution is -2.41. The van der Waals surface area contributed by atoms with Crippen molar-refractivity contribution in [2.75, 3.05) is 25.1 Å². The predicted molar refractivity (Wildman–Crippen MR) is 85.0 cm³/mol. The average Bonchev–Trinajstić information content (AvgIpc) is 3.13. The first-order valence-electron chi connectivity index (χ1n) is 6.89. The molecule has 1 aromatic heterocycles. The summed E-state index contributed by atoms with van der Waals surface area (Å²) in [6.07, 6.45) is 4.18. The molecule has 8 heteroatoms. The molecule has 0 unspecified atom stereocenters. The zero-order chi connectivity index (χ0) is 15.7. The predicted octanol–water partition coefficient (Wildman–Crippen LogP) is 1.71. The second kappa shape index (κ2) is 6.29. The molecule has 0 saturated carbocycles. The largest absolute Gasteiger partial charge is 0.336 e. The fourth-order valence-electron chi connectivity index (χ4n) is 2.74. The van der Waals surface area contributed by atoms with Gasteiger partial charge >= 0.3 is 0 Å². The minimum Gasteiger partial charge on any atom is -0.336 e. The van der Waals surface area contributed by atoms with Crippen molar-refractivity contribution in [2.45, 2.75) is 17.5 Å². The van der Waals surface area contributed by atoms with Crippen LogP contribution in [0.5, 0.6) is 0 Å². The fourth-order valence-corrected chi connectivity index (χ4v) is 4.06. The van der Waals surface area contributed by atoms with Gasteiger partial charge in [0.05, 0.1) is 17.4 Å². The number of nitrogens with zero attached hydrogens (tertiary/aromatic N) is 3. The van der Waals surface area contributed by atoms with E-state index in [1.807, 2.05) is 6.26 Å². The van der Waals surface area contributed by atoms with Gasteiger partial charge < -0.3 is 4.90 Å². The number of amides is 3. The molecule has 0 radical (unpaired) electrons. The SMILES string of the molecule is CSc1ncccc1C(=O)N1CC[C@H](N2C(=O)CSC2=O)C1. The number of likely N-dealkylation sites (tertiary alicyclic amines) is 1. The summed E-state index contributed by atoms with van der Waals surface area (Å²) in [6, 6.07) is 3.30. The van der Waals surface area contributed by atoms with Crippen LogP contribution in [0.2, 0.25) is 0 Å². The van der Waals surface area contributed by atoms with Gasteiger partial charge in [-0.2, -0.15) is 0 Å². The second-order valence-corrected chi connectivity index (χ2v) is 6.79. The number of carbonyl (C=O) groups excluding carboxylic acids is 3. The van der Waals surface area contributed by atoms with Crippen molar-refractivity contribution in [3.63, 3.8) is 0 Å². The summed E-state index contributed by atoms with van der Waals surface area (Å²) in [7, 11) is 0. The Morgan fingerprint density at radius 3 is 2.95 bits per heavy atom. The normalized spacial score (nSPS) is 21.8. The molecule has 3 amide bonds. The molecule has 6 nitrogen and oxygen atoms in total. The first kappa shape index (κ1) is 15.4. The molecular formula is C14H15N3O3S2. The lowest BCUT2D eigenvalue weighted by atomic mass is 10.2. The van der Waals surface area contributed by atoms with Crippen molar-refractivity contribution < 1.29 is 14.4 Å². The van der Waals surface area contributed by atoms with E-state index in [2.05, 4.69) is 4.98 Å². The maximum Gasteiger partial charge on any atom is 0.289 e. The lowest BCUT2D eigenvalue weighted by molar-refractivity contribution is -0.126. The Bertz CT molecular complexity index is 622. The van der Waals surface area contributed by atoms with Crippen LogP contribution in [0.3, 0.4) is 0 Å². The number of hydrogen-bond donors (Lipinski definition) is 0. The molecule has 3 rings (SSSR count). The van der Waals surface area contributed by atoms with Crippen molar-refractivity contribution in [3.8, 4) is 0 Å². The third-order valence-corrected chi connectivity index (χ3v) is 5.34. The Labute approximate surface area is 136 Å². The second-order valence-electron chi connectivity index (χ2n) is 5.07. The quantitative estimate of drug-likeness (QED) is 0.782. The monoisotopic (exact) mass is 337 g/mol. The molecule has 0 aromatic carbocycles. The Morgan fingerprint density at radius 1 is 1.45 bits per heavy atom. The van der Waals surface area contributed by atoms with Gasteiger partial charge in [-0.1, -0.05) is 11.8 Å². The first-order chi connectivity index (χ1) is 10.6. The van der Waals surface area contributed by atoms with E-state index in [9.17, 15) is 14.4 Å². The van der Waals surface area contributed by atoms with Crippen LogP contribution in [0, 0.1) is 0 Å². The smallest absolute Gasteiger partial charge is 0.289 e. The van der Waals surface area contributed by atoms with Gasteiger partial charge in [-0.05, 0) is 24.8 Å². The van der Waals surface area contributed by atoms with Crippen LogP contribution in [-0.4, -0.2) is 63.0 Å². The maximum atomic E-state index is 12.6. The highest BCUT2D eigenvalue weighted by molar-refractivity contribution is 8.14. The van der Waals surface area contributed by atoms with E-state index in [4.69, 9.17) is 0 Å². The van der Waals surface area contributed by atoms with E-state index in [0.717, 1.165) is 11.8 Å². The minimum absolute atomic E-state index is 0.0910. The number of pyridine rings is 1. The van der Waals surface area contributed by atoms with Crippen molar-refractivity contribution >= 4 is 40.6 Å². The molecule has 1 atom stereocenters. The first-order valence-corrected chi connectivity index (χ1v) is 9.10. The van der Waals surface area contributed by atoms with Gasteiger partial charge in [-0.25, -0.2) is 4.98 Å². The average molecular weight is 337 g/mol. The van der Waals surface area contributed by atoms with E-state index in [0.29, 0.717) is 30.1 Å². The van der Waals surface area contributed by atoms with Gasteiger partial charge in [0.1, 0.15) is 5.03 Å². The van der Waals surface area contributed by atoms with Gasteiger partial charge in [0, 0.05) is 19.3 Å². The van der Waals surface area contributed by atoms with Crippen molar-refractivity contribution in [1.82, 2.24) is 14.8 Å². The highest BCUT2D eigenvalue weighted by atomic mass is 32.2. The number of hydrogen-bond acceptors (Lipinski definition) is 6. The highest BCUT2D eigenvalue weighted by Crippen LogP contribution is 2.27. The van der Waals surface area contributed by atoms with Gasteiger partial charge in [0.25, 0.3) is 11.1 Å². The summed E-state index contributed by atoms with van der Waals surface area (Å²) in [5.41, 5.74) is 0.573. The molecule has 1 aromatic rings. The summed E-state index contributed by atoms with van der Waals surface area (Å²) in [6.45, 7) is 0.952. The van der Waals surface area contributed by atoms with E-state index < -0.39 is 0 Å². The summed E-state index contributed by atoms with van der Waals surface area (Å²) < 4.78 is 0. The number of rotatable bonds is 3. The van der Waals surface area contributed by atoms with Crippen LogP contribution in [0.25, 0.3) is 0 Å². The van der Waals surface area contributed by atoms with Crippen LogP contribution in [0.15, 0.2) is 23.4 Å². The fraction of sp³-hybridized carbons (Fsp3) is 0.429. The number of imide groups is 1. The van der Waals surface area contributed by atoms with Crippen LogP contribution < -0.4 is 0 Å². The molecule has 2 saturated heterocycles. The van der Waals surface area contributed by atoms with Crippen molar-refractivity contribution in [3.05, 3.63) is 23.9 Å². The summed E-state index contributed by atoms with van der Waals surface area (Å²) in [4.78, 5) is 43.4. The molecule has 3 heterocycles. The van der Waals surface area contributed by atoms with E-state index in [-0.39, 0.29) is 28.8 Å². The highest BCUT2D eigenvalue weighted by Gasteiger charge is 2.40. The third-order valence-electron chi connectivity index (χ3n) is 3.80. The summed E-state index contributed by atoms with van der Waals surface area (Å²) in [5, 5.41) is 0.496. The van der Waals surface area contributed by atoms with Crippen molar-refractivity contribution in [1.29, 1.82) is 0 Å². The number of thioether (sulfide) groups is 2. The molecule has 2 aliphatic heterocycles. The van der Waals surface area contributed by atoms with Crippen LogP contribution in [-0.2, 0) is 4.79 Å². The third kappa shape index (κ3) is 2.72. The zero-order valence-corrected chi connectivity index (χ0v) is 13.7. The van der Waals surface area contributed by atoms with Gasteiger partial charge in [0.15, 0.2) is 0 Å². The zero-order valence-electron chi connectivity index (χ0n) is 12.0. The molecule has 0 spiro atoms. The molecule has 2 fully saturated rings. The Kier molecular flexibility index (Phi) is 4.39. The minimum atomic E-state index is -0.201. The number of aromatic nitrogens is 1. The Balaban J connectivity index is 1.74. The molecule has 22 heavy (non-hydrogen) atoms. The van der Waals surface area contributed by atoms with Gasteiger partial charge in [-0.3, -0.25) is 19.3 Å². The lowest BCUT2D eigenvalue weighted by Gasteiger charge is -2.22. The number of carbonyl (C=O) groups is 3. The van der Waals surface area contributed by atoms with Crippen LogP contribution in [0.4, 0.5) is 4.79 Å². The van der Waals surface area contributed by atoms with Gasteiger partial charge in [-0.15, -0.1) is 11.8 Å². The van der Waals surface area contributed by atoms with Crippen LogP contribution in [0.1, 0.15) is 16.8 Å². The molecule has 116 valence electrons. The molecular weight excluding hydrogens is 322 g/mol. The van der Waals surface area contributed by atoms with Crippen LogP contribution >= 0.6 is 23.5 Å². The topological polar surface area (TPSA) is 70.6 Å². The van der Waals surface area contributed by atoms with Gasteiger partial charge in [0.2, 0.25) is 5.91 Å². The molecule has 2 aliphatic rings. The molecule has 0 N–H and O–H groups in total. The standard InChI is InChI=1S/C14H15N3O3S2/c1-21-12-10(3-2-5-15-12)13(19)16-6-4-9(7-16)17-11(18)8-22-14(17)20/h2-3,5,9H,4,6-8H2,1H3/t9-/m0/s1. The van der Waals surface area contributed by atoms with E-state index in [1.165, 1.54) is 16.7 Å². The summed E-state index contributed by atoms with van der Waals surface area (Å²) in [5.74, 6) is -0.0325. The molecule has 0 bridgehead atoms. The van der Waals surface area contributed by atoms with Crippen molar-refractivity contribution in [2.24, 2.45) is 0 Å². The maximum absolute atomic E-state index is 12.6. The molecule has 0 aliphatic carbocycles. The Morgan fingerprint density at radius 2 is 2.27 bits per heavy atom. The van der Waals surface area contributed by atoms with E-state index >= 15 is 0 Å². The Hall–Kier alpha value is -1.54.